The van der Waals surface area contributed by atoms with Gasteiger partial charge in [0.15, 0.2) is 0 Å². The number of aliphatic hydroxyl groups is 1. The highest BCUT2D eigenvalue weighted by Crippen LogP contribution is 2.31. The van der Waals surface area contributed by atoms with E-state index in [1.807, 2.05) is 0 Å². The summed E-state index contributed by atoms with van der Waals surface area (Å²) in [6, 6.07) is 1.56. The molecule has 0 bridgehead atoms. The zero-order valence-corrected chi connectivity index (χ0v) is 11.6. The number of aliphatic hydroxyl groups excluding tert-OH is 1. The molecule has 0 radical (unpaired) electrons. The van der Waals surface area contributed by atoms with Crippen LogP contribution in [0.3, 0.4) is 0 Å². The monoisotopic (exact) mass is 329 g/mol. The molecule has 0 saturated heterocycles. The molecule has 0 spiro atoms. The van der Waals surface area contributed by atoms with Gasteiger partial charge < -0.3 is 10.4 Å². The lowest BCUT2D eigenvalue weighted by Gasteiger charge is -2.13. The van der Waals surface area contributed by atoms with E-state index in [1.165, 1.54) is 0 Å². The number of imide groups is 1. The fraction of sp³-hybridized carbons (Fsp3) is 0.167. The molecular weight excluding hydrogens is 321 g/mol. The molecule has 0 atom stereocenters. The molecular formula is C12H9ClFN3O5. The first-order valence-electron chi connectivity index (χ1n) is 5.94. The van der Waals surface area contributed by atoms with E-state index in [0.717, 1.165) is 23.1 Å². The van der Waals surface area contributed by atoms with Crippen molar-refractivity contribution in [2.75, 3.05) is 18.5 Å². The highest BCUT2D eigenvalue weighted by Gasteiger charge is 2.31. The number of nitrogens with one attached hydrogen (secondary N) is 1. The maximum Gasteiger partial charge on any atom is 0.306 e. The van der Waals surface area contributed by atoms with E-state index < -0.39 is 34.8 Å². The summed E-state index contributed by atoms with van der Waals surface area (Å²) in [5.74, 6) is -2.49. The number of nitro groups is 1. The van der Waals surface area contributed by atoms with Gasteiger partial charge in [-0.1, -0.05) is 11.6 Å². The van der Waals surface area contributed by atoms with Gasteiger partial charge in [0.05, 0.1) is 28.8 Å². The Kier molecular flexibility index (Phi) is 4.38. The molecule has 1 aliphatic rings. The van der Waals surface area contributed by atoms with Crippen LogP contribution in [0.1, 0.15) is 0 Å². The fourth-order valence-electron chi connectivity index (χ4n) is 1.83. The maximum absolute atomic E-state index is 13.6. The molecule has 10 heteroatoms. The number of nitrogens with zero attached hydrogens (tertiary/aromatic N) is 2. The number of anilines is 1. The lowest BCUT2D eigenvalue weighted by Crippen LogP contribution is -2.34. The third-order valence-electron chi connectivity index (χ3n) is 2.84. The van der Waals surface area contributed by atoms with Crippen molar-refractivity contribution >= 4 is 34.8 Å². The van der Waals surface area contributed by atoms with Crippen molar-refractivity contribution in [1.29, 1.82) is 0 Å². The minimum atomic E-state index is -1.14. The van der Waals surface area contributed by atoms with Crippen LogP contribution in [0.4, 0.5) is 15.8 Å². The van der Waals surface area contributed by atoms with E-state index >= 15 is 0 Å². The first-order chi connectivity index (χ1) is 10.3. The van der Waals surface area contributed by atoms with Crippen LogP contribution in [0.5, 0.6) is 0 Å². The Balaban J connectivity index is 2.27. The molecule has 2 N–H and O–H groups in total. The van der Waals surface area contributed by atoms with Gasteiger partial charge in [-0.3, -0.25) is 24.6 Å². The Morgan fingerprint density at radius 1 is 1.41 bits per heavy atom. The van der Waals surface area contributed by atoms with Gasteiger partial charge >= 0.3 is 5.69 Å². The average molecular weight is 330 g/mol. The molecule has 2 rings (SSSR count). The molecule has 2 amide bonds. The summed E-state index contributed by atoms with van der Waals surface area (Å²) in [6.07, 6.45) is 0.966. The van der Waals surface area contributed by atoms with E-state index in [2.05, 4.69) is 5.32 Å². The maximum atomic E-state index is 13.6. The Bertz CT molecular complexity index is 706. The number of β-amino-alcohol motifs (C(OH)–C–C–N with tert-alkyl or cyclic N) is 1. The fourth-order valence-corrected chi connectivity index (χ4v) is 2.03. The highest BCUT2D eigenvalue weighted by molar-refractivity contribution is 6.33. The van der Waals surface area contributed by atoms with Crippen LogP contribution < -0.4 is 5.32 Å². The SMILES string of the molecule is O=C1C=C(Nc2cc(F)c([N+](=O)[O-])cc2Cl)C(=O)N1CCO. The summed E-state index contributed by atoms with van der Waals surface area (Å²) in [4.78, 5) is 33.9. The number of benzene rings is 1. The summed E-state index contributed by atoms with van der Waals surface area (Å²) in [7, 11) is 0. The third kappa shape index (κ3) is 2.90. The molecule has 0 aromatic heterocycles. The summed E-state index contributed by atoms with van der Waals surface area (Å²) >= 11 is 5.79. The van der Waals surface area contributed by atoms with Crippen LogP contribution in [0.25, 0.3) is 0 Å². The summed E-state index contributed by atoms with van der Waals surface area (Å²) in [5.41, 5.74) is -1.07. The van der Waals surface area contributed by atoms with Crippen molar-refractivity contribution in [3.05, 3.63) is 44.9 Å². The predicted molar refractivity (Wildman–Crippen MR) is 73.6 cm³/mol. The van der Waals surface area contributed by atoms with Crippen LogP contribution >= 0.6 is 11.6 Å². The van der Waals surface area contributed by atoms with Gasteiger partial charge in [0, 0.05) is 18.2 Å². The molecule has 1 aliphatic heterocycles. The molecule has 22 heavy (non-hydrogen) atoms. The van der Waals surface area contributed by atoms with E-state index in [9.17, 15) is 24.1 Å². The third-order valence-corrected chi connectivity index (χ3v) is 3.15. The molecule has 1 heterocycles. The van der Waals surface area contributed by atoms with Crippen molar-refractivity contribution in [2.24, 2.45) is 0 Å². The zero-order chi connectivity index (χ0) is 16.4. The number of rotatable bonds is 5. The predicted octanol–water partition coefficient (Wildman–Crippen LogP) is 1.04. The topological polar surface area (TPSA) is 113 Å². The van der Waals surface area contributed by atoms with Gasteiger partial charge in [0.25, 0.3) is 11.8 Å². The molecule has 0 fully saturated rings. The second-order valence-electron chi connectivity index (χ2n) is 4.24. The smallest absolute Gasteiger partial charge is 0.306 e. The van der Waals surface area contributed by atoms with Gasteiger partial charge in [-0.25, -0.2) is 0 Å². The number of hydrogen-bond acceptors (Lipinski definition) is 6. The van der Waals surface area contributed by atoms with Gasteiger partial charge in [-0.2, -0.15) is 4.39 Å². The Morgan fingerprint density at radius 2 is 2.09 bits per heavy atom. The summed E-state index contributed by atoms with van der Waals surface area (Å²) < 4.78 is 13.6. The van der Waals surface area contributed by atoms with Crippen LogP contribution in [-0.4, -0.2) is 39.9 Å². The minimum absolute atomic E-state index is 0.0944. The van der Waals surface area contributed by atoms with Crippen molar-refractivity contribution in [3.8, 4) is 0 Å². The minimum Gasteiger partial charge on any atom is -0.395 e. The molecule has 0 saturated carbocycles. The molecule has 1 aromatic rings. The van der Waals surface area contributed by atoms with Crippen molar-refractivity contribution < 1.29 is 24.0 Å². The number of carbonyl (C=O) groups excluding carboxylic acids is 2. The van der Waals surface area contributed by atoms with Gasteiger partial charge in [-0.05, 0) is 0 Å². The average Bonchev–Trinajstić information content (AvgIpc) is 2.70. The van der Waals surface area contributed by atoms with Crippen molar-refractivity contribution in [1.82, 2.24) is 4.90 Å². The lowest BCUT2D eigenvalue weighted by molar-refractivity contribution is -0.387. The molecule has 1 aromatic carbocycles. The molecule has 116 valence electrons. The molecule has 0 unspecified atom stereocenters. The molecule has 8 nitrogen and oxygen atoms in total. The van der Waals surface area contributed by atoms with E-state index in [0.29, 0.717) is 0 Å². The second kappa shape index (κ2) is 6.08. The van der Waals surface area contributed by atoms with Gasteiger partial charge in [0.2, 0.25) is 5.82 Å². The van der Waals surface area contributed by atoms with E-state index in [-0.39, 0.29) is 23.0 Å². The number of carbonyl (C=O) groups is 2. The second-order valence-corrected chi connectivity index (χ2v) is 4.65. The van der Waals surface area contributed by atoms with Crippen LogP contribution in [-0.2, 0) is 9.59 Å². The number of hydrogen-bond donors (Lipinski definition) is 2. The normalized spacial score (nSPS) is 14.3. The first-order valence-corrected chi connectivity index (χ1v) is 6.31. The standard InChI is InChI=1S/C12H9ClFN3O5/c13-6-3-10(17(21)22)7(14)4-8(6)15-9-5-11(19)16(1-2-18)12(9)20/h3-5,15,18H,1-2H2. The van der Waals surface area contributed by atoms with Crippen LogP contribution in [0, 0.1) is 15.9 Å². The van der Waals surface area contributed by atoms with E-state index in [4.69, 9.17) is 16.7 Å². The van der Waals surface area contributed by atoms with Crippen LogP contribution in [0.2, 0.25) is 5.02 Å². The van der Waals surface area contributed by atoms with E-state index in [1.54, 1.807) is 0 Å². The quantitative estimate of drug-likeness (QED) is 0.474. The highest BCUT2D eigenvalue weighted by atomic mass is 35.5. The Labute approximate surface area is 127 Å². The summed E-state index contributed by atoms with van der Waals surface area (Å²) in [6.45, 7) is -0.576. The number of amides is 2. The first kappa shape index (κ1) is 15.9. The van der Waals surface area contributed by atoms with Crippen molar-refractivity contribution in [2.45, 2.75) is 0 Å². The van der Waals surface area contributed by atoms with Crippen LogP contribution in [0.15, 0.2) is 23.9 Å². The number of halogens is 2. The largest absolute Gasteiger partial charge is 0.395 e. The molecule has 0 aliphatic carbocycles. The Morgan fingerprint density at radius 3 is 2.68 bits per heavy atom. The zero-order valence-electron chi connectivity index (χ0n) is 10.9. The van der Waals surface area contributed by atoms with Gasteiger partial charge in [-0.15, -0.1) is 0 Å². The lowest BCUT2D eigenvalue weighted by atomic mass is 10.2. The Hall–Kier alpha value is -2.52. The summed E-state index contributed by atoms with van der Waals surface area (Å²) in [5, 5.41) is 21.6. The van der Waals surface area contributed by atoms with Crippen molar-refractivity contribution in [3.63, 3.8) is 0 Å². The van der Waals surface area contributed by atoms with Gasteiger partial charge in [0.1, 0.15) is 5.70 Å². The number of nitro benzene ring substituents is 1.